The molecule has 1 heterocycles. The standard InChI is InChI=1S/C9H8ClNO2S/c10-6-1-5-3-12-4-13-8(5)7(2-6)9(11)14/h1-2H,3-4H2,(H2,11,14). The highest BCUT2D eigenvalue weighted by molar-refractivity contribution is 7.80. The van der Waals surface area contributed by atoms with E-state index in [0.717, 1.165) is 5.56 Å². The molecular weight excluding hydrogens is 222 g/mol. The second-order valence-corrected chi connectivity index (χ2v) is 3.79. The van der Waals surface area contributed by atoms with Gasteiger partial charge in [-0.25, -0.2) is 0 Å². The molecular formula is C9H8ClNO2S. The van der Waals surface area contributed by atoms with Crippen LogP contribution < -0.4 is 10.5 Å². The summed E-state index contributed by atoms with van der Waals surface area (Å²) < 4.78 is 10.4. The monoisotopic (exact) mass is 229 g/mol. The lowest BCUT2D eigenvalue weighted by Crippen LogP contribution is -2.18. The van der Waals surface area contributed by atoms with E-state index in [9.17, 15) is 0 Å². The van der Waals surface area contributed by atoms with Crippen molar-refractivity contribution in [2.75, 3.05) is 6.79 Å². The van der Waals surface area contributed by atoms with E-state index in [1.807, 2.05) is 0 Å². The lowest BCUT2D eigenvalue weighted by Gasteiger charge is -2.20. The van der Waals surface area contributed by atoms with Crippen molar-refractivity contribution in [3.8, 4) is 5.75 Å². The van der Waals surface area contributed by atoms with Crippen LogP contribution in [-0.2, 0) is 11.3 Å². The van der Waals surface area contributed by atoms with Crippen molar-refractivity contribution in [1.82, 2.24) is 0 Å². The van der Waals surface area contributed by atoms with Crippen LogP contribution in [0.4, 0.5) is 0 Å². The summed E-state index contributed by atoms with van der Waals surface area (Å²) >= 11 is 10.8. The highest BCUT2D eigenvalue weighted by Crippen LogP contribution is 2.31. The molecule has 0 aromatic heterocycles. The Morgan fingerprint density at radius 1 is 1.50 bits per heavy atom. The first-order valence-electron chi connectivity index (χ1n) is 4.01. The van der Waals surface area contributed by atoms with Gasteiger partial charge < -0.3 is 15.2 Å². The predicted molar refractivity (Wildman–Crippen MR) is 57.6 cm³/mol. The molecule has 2 rings (SSSR count). The lowest BCUT2D eigenvalue weighted by atomic mass is 10.1. The molecule has 0 amide bonds. The number of rotatable bonds is 1. The maximum absolute atomic E-state index is 5.90. The molecule has 2 N–H and O–H groups in total. The molecule has 0 bridgehead atoms. The van der Waals surface area contributed by atoms with Crippen molar-refractivity contribution in [3.05, 3.63) is 28.3 Å². The Morgan fingerprint density at radius 3 is 3.00 bits per heavy atom. The number of benzene rings is 1. The number of hydrogen-bond acceptors (Lipinski definition) is 3. The van der Waals surface area contributed by atoms with Crippen molar-refractivity contribution >= 4 is 28.8 Å². The predicted octanol–water partition coefficient (Wildman–Crippen LogP) is 1.84. The summed E-state index contributed by atoms with van der Waals surface area (Å²) in [4.78, 5) is 0.283. The van der Waals surface area contributed by atoms with Gasteiger partial charge in [0.25, 0.3) is 0 Å². The van der Waals surface area contributed by atoms with Gasteiger partial charge in [0.2, 0.25) is 0 Å². The molecule has 0 aliphatic carbocycles. The molecule has 5 heteroatoms. The third-order valence-corrected chi connectivity index (χ3v) is 2.38. The van der Waals surface area contributed by atoms with E-state index in [4.69, 9.17) is 39.0 Å². The Kier molecular flexibility index (Phi) is 2.58. The Bertz CT molecular complexity index is 395. The molecule has 3 nitrogen and oxygen atoms in total. The number of fused-ring (bicyclic) bond motifs is 1. The normalized spacial score (nSPS) is 14.4. The summed E-state index contributed by atoms with van der Waals surface area (Å²) in [6.45, 7) is 0.704. The lowest BCUT2D eigenvalue weighted by molar-refractivity contribution is -0.0164. The molecule has 1 aliphatic rings. The minimum Gasteiger partial charge on any atom is -0.466 e. The third kappa shape index (κ3) is 1.68. The fraction of sp³-hybridized carbons (Fsp3) is 0.222. The molecule has 1 aromatic carbocycles. The van der Waals surface area contributed by atoms with E-state index in [1.165, 1.54) is 0 Å². The molecule has 0 radical (unpaired) electrons. The maximum atomic E-state index is 5.90. The van der Waals surface area contributed by atoms with Gasteiger partial charge in [-0.2, -0.15) is 0 Å². The van der Waals surface area contributed by atoms with Crippen LogP contribution in [0.3, 0.4) is 0 Å². The van der Waals surface area contributed by atoms with Gasteiger partial charge in [0.1, 0.15) is 10.7 Å². The molecule has 14 heavy (non-hydrogen) atoms. The smallest absolute Gasteiger partial charge is 0.189 e. The first-order valence-corrected chi connectivity index (χ1v) is 4.80. The first-order chi connectivity index (χ1) is 6.68. The summed E-state index contributed by atoms with van der Waals surface area (Å²) in [6, 6.07) is 3.49. The summed E-state index contributed by atoms with van der Waals surface area (Å²) in [5.74, 6) is 0.688. The molecule has 1 aliphatic heterocycles. The van der Waals surface area contributed by atoms with Crippen molar-refractivity contribution in [1.29, 1.82) is 0 Å². The zero-order valence-corrected chi connectivity index (χ0v) is 8.82. The van der Waals surface area contributed by atoms with Crippen LogP contribution >= 0.6 is 23.8 Å². The van der Waals surface area contributed by atoms with E-state index in [2.05, 4.69) is 0 Å². The average Bonchev–Trinajstić information content (AvgIpc) is 2.16. The van der Waals surface area contributed by atoms with Crippen LogP contribution in [-0.4, -0.2) is 11.8 Å². The number of halogens is 1. The maximum Gasteiger partial charge on any atom is 0.189 e. The molecule has 74 valence electrons. The van der Waals surface area contributed by atoms with Crippen LogP contribution in [0.2, 0.25) is 5.02 Å². The molecule has 0 saturated heterocycles. The highest BCUT2D eigenvalue weighted by atomic mass is 35.5. The van der Waals surface area contributed by atoms with Gasteiger partial charge in [0, 0.05) is 10.6 Å². The van der Waals surface area contributed by atoms with E-state index in [1.54, 1.807) is 12.1 Å². The van der Waals surface area contributed by atoms with E-state index in [0.29, 0.717) is 22.9 Å². The Morgan fingerprint density at radius 2 is 2.29 bits per heavy atom. The van der Waals surface area contributed by atoms with Gasteiger partial charge >= 0.3 is 0 Å². The van der Waals surface area contributed by atoms with Crippen LogP contribution in [0.15, 0.2) is 12.1 Å². The SMILES string of the molecule is NC(=S)c1cc(Cl)cc2c1OCOC2. The second-order valence-electron chi connectivity index (χ2n) is 2.92. The van der Waals surface area contributed by atoms with Gasteiger partial charge in [-0.1, -0.05) is 23.8 Å². The Balaban J connectivity index is 2.58. The minimum atomic E-state index is 0.226. The second kappa shape index (κ2) is 3.73. The van der Waals surface area contributed by atoms with Crippen molar-refractivity contribution in [2.45, 2.75) is 6.61 Å². The number of ether oxygens (including phenoxy) is 2. The fourth-order valence-electron chi connectivity index (χ4n) is 1.36. The van der Waals surface area contributed by atoms with Crippen LogP contribution in [0.5, 0.6) is 5.75 Å². The Labute approximate surface area is 91.7 Å². The number of nitrogens with two attached hydrogens (primary N) is 1. The molecule has 0 unspecified atom stereocenters. The van der Waals surface area contributed by atoms with Crippen molar-refractivity contribution < 1.29 is 9.47 Å². The van der Waals surface area contributed by atoms with Gasteiger partial charge in [0.05, 0.1) is 12.2 Å². The van der Waals surface area contributed by atoms with Crippen molar-refractivity contribution in [3.63, 3.8) is 0 Å². The first kappa shape index (κ1) is 9.71. The zero-order chi connectivity index (χ0) is 10.1. The van der Waals surface area contributed by atoms with Crippen LogP contribution in [0.25, 0.3) is 0 Å². The largest absolute Gasteiger partial charge is 0.466 e. The van der Waals surface area contributed by atoms with E-state index < -0.39 is 0 Å². The van der Waals surface area contributed by atoms with Crippen LogP contribution in [0.1, 0.15) is 11.1 Å². The quantitative estimate of drug-likeness (QED) is 0.747. The van der Waals surface area contributed by atoms with Gasteiger partial charge in [-0.05, 0) is 12.1 Å². The number of hydrogen-bond donors (Lipinski definition) is 1. The molecule has 0 fully saturated rings. The van der Waals surface area contributed by atoms with E-state index >= 15 is 0 Å². The van der Waals surface area contributed by atoms with Crippen molar-refractivity contribution in [2.24, 2.45) is 5.73 Å². The minimum absolute atomic E-state index is 0.226. The van der Waals surface area contributed by atoms with Crippen LogP contribution in [0, 0.1) is 0 Å². The Hall–Kier alpha value is -0.840. The summed E-state index contributed by atoms with van der Waals surface area (Å²) in [5, 5.41) is 0.584. The topological polar surface area (TPSA) is 44.5 Å². The molecule has 0 atom stereocenters. The van der Waals surface area contributed by atoms with Gasteiger partial charge in [0.15, 0.2) is 6.79 Å². The molecule has 0 spiro atoms. The van der Waals surface area contributed by atoms with Gasteiger partial charge in [-0.15, -0.1) is 0 Å². The van der Waals surface area contributed by atoms with Gasteiger partial charge in [-0.3, -0.25) is 0 Å². The summed E-state index contributed by atoms with van der Waals surface area (Å²) in [5.41, 5.74) is 7.11. The summed E-state index contributed by atoms with van der Waals surface area (Å²) in [6.07, 6.45) is 0. The third-order valence-electron chi connectivity index (χ3n) is 1.94. The molecule has 0 saturated carbocycles. The molecule has 1 aromatic rings. The zero-order valence-electron chi connectivity index (χ0n) is 7.25. The summed E-state index contributed by atoms with van der Waals surface area (Å²) in [7, 11) is 0. The number of thiocarbonyl (C=S) groups is 1. The fourth-order valence-corrected chi connectivity index (χ4v) is 1.76. The highest BCUT2D eigenvalue weighted by Gasteiger charge is 2.17. The average molecular weight is 230 g/mol. The van der Waals surface area contributed by atoms with E-state index in [-0.39, 0.29) is 11.8 Å².